The first kappa shape index (κ1) is 19.4. The molecule has 0 heterocycles. The summed E-state index contributed by atoms with van der Waals surface area (Å²) in [5.41, 5.74) is 0. The molecule has 0 radical (unpaired) electrons. The Morgan fingerprint density at radius 2 is 1.55 bits per heavy atom. The molecule has 2 N–H and O–H groups in total. The first-order valence-corrected chi connectivity index (χ1v) is 8.26. The highest BCUT2D eigenvalue weighted by Gasteiger charge is 2.00. The molecule has 0 aromatic rings. The van der Waals surface area contributed by atoms with Crippen LogP contribution < -0.4 is 5.32 Å². The number of hydrogen-bond donors (Lipinski definition) is 2. The highest BCUT2D eigenvalue weighted by molar-refractivity contribution is 5.75. The lowest BCUT2D eigenvalue weighted by Gasteiger charge is -2.05. The monoisotopic (exact) mass is 287 g/mol. The van der Waals surface area contributed by atoms with Crippen LogP contribution in [0.25, 0.3) is 0 Å². The zero-order valence-electron chi connectivity index (χ0n) is 13.2. The van der Waals surface area contributed by atoms with E-state index in [1.165, 1.54) is 44.9 Å². The third-order valence-electron chi connectivity index (χ3n) is 3.31. The standard InChI is InChI=1S/C16H33NO3/c1-2-3-4-5-6-7-8-9-10-11-16(19)17-12-14-20-15-13-18/h18H,2-15H2,1H3,(H,17,19). The van der Waals surface area contributed by atoms with Crippen molar-refractivity contribution in [3.05, 3.63) is 0 Å². The van der Waals surface area contributed by atoms with Crippen LogP contribution in [0.3, 0.4) is 0 Å². The van der Waals surface area contributed by atoms with Crippen molar-refractivity contribution >= 4 is 5.91 Å². The minimum Gasteiger partial charge on any atom is -0.394 e. The maximum atomic E-state index is 11.5. The normalized spacial score (nSPS) is 10.7. The number of hydrogen-bond acceptors (Lipinski definition) is 3. The second kappa shape index (κ2) is 16.4. The zero-order valence-corrected chi connectivity index (χ0v) is 13.2. The average molecular weight is 287 g/mol. The third kappa shape index (κ3) is 15.4. The van der Waals surface area contributed by atoms with Gasteiger partial charge in [-0.1, -0.05) is 58.3 Å². The molecule has 1 amide bonds. The van der Waals surface area contributed by atoms with Gasteiger partial charge < -0.3 is 15.2 Å². The van der Waals surface area contributed by atoms with Crippen molar-refractivity contribution in [1.29, 1.82) is 0 Å². The lowest BCUT2D eigenvalue weighted by Crippen LogP contribution is -2.27. The van der Waals surface area contributed by atoms with Gasteiger partial charge in [-0.15, -0.1) is 0 Å². The molecule has 0 atom stereocenters. The molecule has 0 aromatic heterocycles. The molecule has 0 rings (SSSR count). The minimum absolute atomic E-state index is 0.0341. The molecule has 0 saturated carbocycles. The van der Waals surface area contributed by atoms with Crippen molar-refractivity contribution < 1.29 is 14.6 Å². The lowest BCUT2D eigenvalue weighted by atomic mass is 10.1. The van der Waals surface area contributed by atoms with Crippen LogP contribution in [0, 0.1) is 0 Å². The molecular weight excluding hydrogens is 254 g/mol. The molecule has 0 aliphatic carbocycles. The van der Waals surface area contributed by atoms with Gasteiger partial charge in [0.05, 0.1) is 19.8 Å². The summed E-state index contributed by atoms with van der Waals surface area (Å²) >= 11 is 0. The van der Waals surface area contributed by atoms with E-state index in [0.717, 1.165) is 12.8 Å². The van der Waals surface area contributed by atoms with E-state index in [1.807, 2.05) is 0 Å². The van der Waals surface area contributed by atoms with Crippen LogP contribution in [-0.4, -0.2) is 37.4 Å². The highest BCUT2D eigenvalue weighted by Crippen LogP contribution is 2.10. The molecule has 20 heavy (non-hydrogen) atoms. The Bertz CT molecular complexity index is 210. The fraction of sp³-hybridized carbons (Fsp3) is 0.938. The number of nitrogens with one attached hydrogen (secondary N) is 1. The van der Waals surface area contributed by atoms with Gasteiger partial charge in [0.15, 0.2) is 0 Å². The lowest BCUT2D eigenvalue weighted by molar-refractivity contribution is -0.121. The van der Waals surface area contributed by atoms with E-state index in [4.69, 9.17) is 9.84 Å². The topological polar surface area (TPSA) is 58.6 Å². The second-order valence-corrected chi connectivity index (χ2v) is 5.26. The van der Waals surface area contributed by atoms with Gasteiger partial charge in [0.2, 0.25) is 5.91 Å². The first-order chi connectivity index (χ1) is 9.81. The number of ether oxygens (including phenoxy) is 1. The van der Waals surface area contributed by atoms with Crippen LogP contribution in [0.15, 0.2) is 0 Å². The van der Waals surface area contributed by atoms with Crippen LogP contribution in [0.1, 0.15) is 71.1 Å². The summed E-state index contributed by atoms with van der Waals surface area (Å²) in [5, 5.41) is 11.3. The van der Waals surface area contributed by atoms with Crippen LogP contribution in [0.5, 0.6) is 0 Å². The molecule has 0 unspecified atom stereocenters. The van der Waals surface area contributed by atoms with E-state index in [2.05, 4.69) is 12.2 Å². The SMILES string of the molecule is CCCCCCCCCCCC(=O)NCCOCCO. The van der Waals surface area contributed by atoms with Gasteiger partial charge in [-0.05, 0) is 6.42 Å². The van der Waals surface area contributed by atoms with Gasteiger partial charge in [-0.2, -0.15) is 0 Å². The Morgan fingerprint density at radius 3 is 2.15 bits per heavy atom. The Labute approximate surface area is 124 Å². The van der Waals surface area contributed by atoms with Crippen LogP contribution in [0.2, 0.25) is 0 Å². The highest BCUT2D eigenvalue weighted by atomic mass is 16.5. The first-order valence-electron chi connectivity index (χ1n) is 8.26. The molecule has 0 saturated heterocycles. The van der Waals surface area contributed by atoms with E-state index in [-0.39, 0.29) is 12.5 Å². The fourth-order valence-electron chi connectivity index (χ4n) is 2.11. The number of rotatable bonds is 15. The molecule has 0 spiro atoms. The molecule has 4 nitrogen and oxygen atoms in total. The van der Waals surface area contributed by atoms with Crippen molar-refractivity contribution in [2.75, 3.05) is 26.4 Å². The smallest absolute Gasteiger partial charge is 0.220 e. The largest absolute Gasteiger partial charge is 0.394 e. The van der Waals surface area contributed by atoms with Gasteiger partial charge in [-0.25, -0.2) is 0 Å². The summed E-state index contributed by atoms with van der Waals surface area (Å²) in [7, 11) is 0. The van der Waals surface area contributed by atoms with Crippen molar-refractivity contribution in [3.8, 4) is 0 Å². The van der Waals surface area contributed by atoms with Crippen LogP contribution in [-0.2, 0) is 9.53 Å². The Hall–Kier alpha value is -0.610. The number of carbonyl (C=O) groups is 1. The van der Waals surface area contributed by atoms with Crippen LogP contribution in [0.4, 0.5) is 0 Å². The van der Waals surface area contributed by atoms with E-state index < -0.39 is 0 Å². The van der Waals surface area contributed by atoms with Crippen LogP contribution >= 0.6 is 0 Å². The molecule has 4 heteroatoms. The van der Waals surface area contributed by atoms with Gasteiger partial charge in [0, 0.05) is 13.0 Å². The quantitative estimate of drug-likeness (QED) is 0.455. The molecule has 0 aromatic carbocycles. The van der Waals surface area contributed by atoms with E-state index in [1.54, 1.807) is 0 Å². The number of aliphatic hydroxyl groups excluding tert-OH is 1. The van der Waals surface area contributed by atoms with Gasteiger partial charge in [0.25, 0.3) is 0 Å². The molecule has 0 fully saturated rings. The molecule has 0 bridgehead atoms. The van der Waals surface area contributed by atoms with Gasteiger partial charge >= 0.3 is 0 Å². The summed E-state index contributed by atoms with van der Waals surface area (Å²) in [5.74, 6) is 0.112. The third-order valence-corrected chi connectivity index (χ3v) is 3.31. The van der Waals surface area contributed by atoms with Crippen molar-refractivity contribution in [2.24, 2.45) is 0 Å². The Balaban J connectivity index is 3.11. The average Bonchev–Trinajstić information content (AvgIpc) is 2.45. The van der Waals surface area contributed by atoms with Gasteiger partial charge in [-0.3, -0.25) is 4.79 Å². The summed E-state index contributed by atoms with van der Waals surface area (Å²) in [6.45, 7) is 3.63. The van der Waals surface area contributed by atoms with Crippen molar-refractivity contribution in [2.45, 2.75) is 71.1 Å². The number of amides is 1. The summed E-state index contributed by atoms with van der Waals surface area (Å²) < 4.78 is 5.07. The zero-order chi connectivity index (χ0) is 14.9. The molecule has 0 aliphatic heterocycles. The minimum atomic E-state index is 0.0341. The van der Waals surface area contributed by atoms with E-state index >= 15 is 0 Å². The molecule has 120 valence electrons. The summed E-state index contributed by atoms with van der Waals surface area (Å²) in [6.07, 6.45) is 12.1. The maximum absolute atomic E-state index is 11.5. The van der Waals surface area contributed by atoms with E-state index in [9.17, 15) is 4.79 Å². The molecular formula is C16H33NO3. The van der Waals surface area contributed by atoms with E-state index in [0.29, 0.717) is 26.2 Å². The van der Waals surface area contributed by atoms with Gasteiger partial charge in [0.1, 0.15) is 0 Å². The Morgan fingerprint density at radius 1 is 0.950 bits per heavy atom. The predicted molar refractivity (Wildman–Crippen MR) is 82.8 cm³/mol. The Kier molecular flexibility index (Phi) is 15.9. The number of aliphatic hydroxyl groups is 1. The maximum Gasteiger partial charge on any atom is 0.220 e. The molecule has 0 aliphatic rings. The van der Waals surface area contributed by atoms with Crippen molar-refractivity contribution in [3.63, 3.8) is 0 Å². The number of unbranched alkanes of at least 4 members (excludes halogenated alkanes) is 8. The summed E-state index contributed by atoms with van der Waals surface area (Å²) in [6, 6.07) is 0. The summed E-state index contributed by atoms with van der Waals surface area (Å²) in [4.78, 5) is 11.5. The van der Waals surface area contributed by atoms with Crippen molar-refractivity contribution in [1.82, 2.24) is 5.32 Å². The second-order valence-electron chi connectivity index (χ2n) is 5.26. The number of carbonyl (C=O) groups excluding carboxylic acids is 1. The predicted octanol–water partition coefficient (Wildman–Crippen LogP) is 3.03. The fourth-order valence-corrected chi connectivity index (χ4v) is 2.11.